The van der Waals surface area contributed by atoms with E-state index in [9.17, 15) is 4.79 Å². The number of amides is 1. The van der Waals surface area contributed by atoms with Gasteiger partial charge in [-0.05, 0) is 45.6 Å². The Labute approximate surface area is 116 Å². The van der Waals surface area contributed by atoms with Crippen molar-refractivity contribution in [1.82, 2.24) is 10.2 Å². The predicted molar refractivity (Wildman–Crippen MR) is 76.1 cm³/mol. The van der Waals surface area contributed by atoms with Crippen LogP contribution in [0.5, 0.6) is 0 Å². The molecule has 0 spiro atoms. The van der Waals surface area contributed by atoms with E-state index in [2.05, 4.69) is 19.2 Å². The number of hydrogen-bond acceptors (Lipinski definition) is 3. The lowest BCUT2D eigenvalue weighted by Gasteiger charge is -2.35. The van der Waals surface area contributed by atoms with Gasteiger partial charge in [0, 0.05) is 19.7 Å². The first kappa shape index (κ1) is 14.8. The molecule has 19 heavy (non-hydrogen) atoms. The zero-order valence-corrected chi connectivity index (χ0v) is 12.4. The number of nitrogens with zero attached hydrogens (tertiary/aromatic N) is 1. The normalized spacial score (nSPS) is 30.7. The summed E-state index contributed by atoms with van der Waals surface area (Å²) < 4.78 is 5.68. The highest BCUT2D eigenvalue weighted by molar-refractivity contribution is 5.86. The Hall–Kier alpha value is -0.610. The molecule has 2 rings (SSSR count). The molecule has 2 atom stereocenters. The minimum Gasteiger partial charge on any atom is -0.376 e. The second-order valence-electron chi connectivity index (χ2n) is 5.84. The number of ether oxygens (including phenoxy) is 1. The van der Waals surface area contributed by atoms with Gasteiger partial charge in [0.2, 0.25) is 5.91 Å². The van der Waals surface area contributed by atoms with E-state index < -0.39 is 0 Å². The summed E-state index contributed by atoms with van der Waals surface area (Å²) in [7, 11) is 0. The van der Waals surface area contributed by atoms with Crippen molar-refractivity contribution in [3.05, 3.63) is 0 Å². The Morgan fingerprint density at radius 3 is 2.79 bits per heavy atom. The topological polar surface area (TPSA) is 41.6 Å². The summed E-state index contributed by atoms with van der Waals surface area (Å²) in [6, 6.07) is 0. The van der Waals surface area contributed by atoms with Gasteiger partial charge < -0.3 is 15.0 Å². The standard InChI is InChI=1S/C15H28N2O2/c1-3-8-15(9-6-10-16-15)14(18)17(4-2)12-13-7-5-11-19-13/h13,16H,3-12H2,1-2H3. The molecule has 4 nitrogen and oxygen atoms in total. The lowest BCUT2D eigenvalue weighted by molar-refractivity contribution is -0.139. The third kappa shape index (κ3) is 3.29. The number of nitrogens with one attached hydrogen (secondary N) is 1. The van der Waals surface area contributed by atoms with Gasteiger partial charge in [-0.25, -0.2) is 0 Å². The number of carbonyl (C=O) groups excluding carboxylic acids is 1. The fourth-order valence-corrected chi connectivity index (χ4v) is 3.43. The first-order valence-electron chi connectivity index (χ1n) is 7.88. The third-order valence-corrected chi connectivity index (χ3v) is 4.45. The predicted octanol–water partition coefficient (Wildman–Crippen LogP) is 1.94. The third-order valence-electron chi connectivity index (χ3n) is 4.45. The van der Waals surface area contributed by atoms with Crippen LogP contribution in [0.3, 0.4) is 0 Å². The van der Waals surface area contributed by atoms with Crippen LogP contribution in [0.25, 0.3) is 0 Å². The molecule has 0 radical (unpaired) electrons. The van der Waals surface area contributed by atoms with Crippen LogP contribution in [-0.4, -0.2) is 48.7 Å². The Bertz CT molecular complexity index is 295. The van der Waals surface area contributed by atoms with E-state index in [1.54, 1.807) is 0 Å². The zero-order valence-electron chi connectivity index (χ0n) is 12.4. The second-order valence-corrected chi connectivity index (χ2v) is 5.84. The Balaban J connectivity index is 2.00. The largest absolute Gasteiger partial charge is 0.376 e. The molecule has 2 unspecified atom stereocenters. The molecule has 0 aromatic rings. The van der Waals surface area contributed by atoms with Gasteiger partial charge >= 0.3 is 0 Å². The smallest absolute Gasteiger partial charge is 0.242 e. The Kier molecular flexibility index (Phi) is 5.22. The van der Waals surface area contributed by atoms with Gasteiger partial charge in [-0.3, -0.25) is 4.79 Å². The van der Waals surface area contributed by atoms with Crippen molar-refractivity contribution in [1.29, 1.82) is 0 Å². The molecule has 0 aromatic carbocycles. The van der Waals surface area contributed by atoms with Gasteiger partial charge in [-0.1, -0.05) is 13.3 Å². The molecule has 2 aliphatic heterocycles. The van der Waals surface area contributed by atoms with Gasteiger partial charge in [0.05, 0.1) is 11.6 Å². The van der Waals surface area contributed by atoms with E-state index in [1.807, 2.05) is 4.90 Å². The van der Waals surface area contributed by atoms with Gasteiger partial charge in [0.15, 0.2) is 0 Å². The van der Waals surface area contributed by atoms with Crippen LogP contribution in [0.2, 0.25) is 0 Å². The first-order chi connectivity index (χ1) is 9.22. The fraction of sp³-hybridized carbons (Fsp3) is 0.933. The van der Waals surface area contributed by atoms with Crippen molar-refractivity contribution >= 4 is 5.91 Å². The Morgan fingerprint density at radius 1 is 1.42 bits per heavy atom. The maximum Gasteiger partial charge on any atom is 0.242 e. The molecule has 0 saturated carbocycles. The van der Waals surface area contributed by atoms with Crippen molar-refractivity contribution < 1.29 is 9.53 Å². The molecule has 110 valence electrons. The monoisotopic (exact) mass is 268 g/mol. The van der Waals surface area contributed by atoms with Crippen LogP contribution < -0.4 is 5.32 Å². The van der Waals surface area contributed by atoms with E-state index >= 15 is 0 Å². The average molecular weight is 268 g/mol. The highest BCUT2D eigenvalue weighted by Gasteiger charge is 2.42. The summed E-state index contributed by atoms with van der Waals surface area (Å²) in [5.41, 5.74) is -0.288. The number of likely N-dealkylation sites (N-methyl/N-ethyl adjacent to an activating group) is 1. The van der Waals surface area contributed by atoms with E-state index in [0.29, 0.717) is 5.91 Å². The van der Waals surface area contributed by atoms with Crippen molar-refractivity contribution in [2.24, 2.45) is 0 Å². The summed E-state index contributed by atoms with van der Waals surface area (Å²) in [4.78, 5) is 14.9. The molecule has 1 N–H and O–H groups in total. The first-order valence-corrected chi connectivity index (χ1v) is 7.88. The summed E-state index contributed by atoms with van der Waals surface area (Å²) in [5, 5.41) is 3.48. The van der Waals surface area contributed by atoms with Crippen molar-refractivity contribution in [3.63, 3.8) is 0 Å². The van der Waals surface area contributed by atoms with Crippen molar-refractivity contribution in [2.45, 2.75) is 64.0 Å². The second kappa shape index (κ2) is 6.71. The van der Waals surface area contributed by atoms with E-state index in [0.717, 1.165) is 64.8 Å². The minimum absolute atomic E-state index is 0.254. The number of hydrogen-bond donors (Lipinski definition) is 1. The quantitative estimate of drug-likeness (QED) is 0.800. The van der Waals surface area contributed by atoms with Crippen LogP contribution in [0.1, 0.15) is 52.4 Å². The van der Waals surface area contributed by atoms with Crippen molar-refractivity contribution in [3.8, 4) is 0 Å². The van der Waals surface area contributed by atoms with Crippen LogP contribution in [0.4, 0.5) is 0 Å². The maximum absolute atomic E-state index is 12.9. The molecule has 2 heterocycles. The molecular weight excluding hydrogens is 240 g/mol. The molecule has 2 aliphatic rings. The van der Waals surface area contributed by atoms with Gasteiger partial charge in [-0.15, -0.1) is 0 Å². The molecule has 0 aromatic heterocycles. The fourth-order valence-electron chi connectivity index (χ4n) is 3.43. The summed E-state index contributed by atoms with van der Waals surface area (Å²) in [6.07, 6.45) is 6.59. The molecule has 0 bridgehead atoms. The molecule has 1 amide bonds. The molecular formula is C15H28N2O2. The van der Waals surface area contributed by atoms with Gasteiger partial charge in [0.1, 0.15) is 0 Å². The summed E-state index contributed by atoms with van der Waals surface area (Å²) in [5.74, 6) is 0.296. The number of carbonyl (C=O) groups is 1. The number of rotatable bonds is 6. The molecule has 4 heteroatoms. The maximum atomic E-state index is 12.9. The van der Waals surface area contributed by atoms with Gasteiger partial charge in [0.25, 0.3) is 0 Å². The van der Waals surface area contributed by atoms with Gasteiger partial charge in [-0.2, -0.15) is 0 Å². The lowest BCUT2D eigenvalue weighted by Crippen LogP contribution is -2.56. The molecule has 2 saturated heterocycles. The minimum atomic E-state index is -0.288. The van der Waals surface area contributed by atoms with Crippen LogP contribution in [0.15, 0.2) is 0 Å². The molecule has 2 fully saturated rings. The highest BCUT2D eigenvalue weighted by Crippen LogP contribution is 2.27. The summed E-state index contributed by atoms with van der Waals surface area (Å²) >= 11 is 0. The van der Waals surface area contributed by atoms with E-state index in [4.69, 9.17) is 4.74 Å². The SMILES string of the molecule is CCCC1(C(=O)N(CC)CC2CCCO2)CCCN1. The lowest BCUT2D eigenvalue weighted by atomic mass is 9.90. The Morgan fingerprint density at radius 2 is 2.26 bits per heavy atom. The average Bonchev–Trinajstić information content (AvgIpc) is 3.07. The van der Waals surface area contributed by atoms with E-state index in [1.165, 1.54) is 0 Å². The van der Waals surface area contributed by atoms with Crippen LogP contribution in [-0.2, 0) is 9.53 Å². The zero-order chi connectivity index (χ0) is 13.7. The van der Waals surface area contributed by atoms with E-state index in [-0.39, 0.29) is 11.6 Å². The highest BCUT2D eigenvalue weighted by atomic mass is 16.5. The molecule has 0 aliphatic carbocycles. The summed E-state index contributed by atoms with van der Waals surface area (Å²) in [6.45, 7) is 7.61. The van der Waals surface area contributed by atoms with Crippen molar-refractivity contribution in [2.75, 3.05) is 26.2 Å². The van der Waals surface area contributed by atoms with Crippen LogP contribution >= 0.6 is 0 Å². The van der Waals surface area contributed by atoms with Crippen LogP contribution in [0, 0.1) is 0 Å².